The van der Waals surface area contributed by atoms with Crippen LogP contribution in [0.2, 0.25) is 0 Å². The Balaban J connectivity index is 2.12. The third kappa shape index (κ3) is 2.20. The number of hydrogen-bond acceptors (Lipinski definition) is 3. The third-order valence-electron chi connectivity index (χ3n) is 3.34. The van der Waals surface area contributed by atoms with Crippen LogP contribution < -0.4 is 0 Å². The fourth-order valence-corrected chi connectivity index (χ4v) is 2.90. The van der Waals surface area contributed by atoms with E-state index >= 15 is 0 Å². The van der Waals surface area contributed by atoms with Crippen molar-refractivity contribution in [3.8, 4) is 0 Å². The summed E-state index contributed by atoms with van der Waals surface area (Å²) < 4.78 is 0. The molecule has 1 saturated heterocycles. The first-order valence-electron chi connectivity index (χ1n) is 5.57. The molecule has 0 aromatic carbocycles. The van der Waals surface area contributed by atoms with Crippen molar-refractivity contribution in [1.29, 1.82) is 0 Å². The van der Waals surface area contributed by atoms with Crippen molar-refractivity contribution in [3.63, 3.8) is 0 Å². The summed E-state index contributed by atoms with van der Waals surface area (Å²) in [7, 11) is 0. The number of aliphatic carboxylic acids is 1. The van der Waals surface area contributed by atoms with Crippen molar-refractivity contribution < 1.29 is 14.7 Å². The van der Waals surface area contributed by atoms with Crippen LogP contribution in [-0.4, -0.2) is 35.0 Å². The van der Waals surface area contributed by atoms with Crippen LogP contribution in [0.15, 0.2) is 5.38 Å². The Bertz CT molecular complexity index is 466. The SMILES string of the molecule is Cc1scc(C(=O)N2CCC(C(=O)O)C2)c1C. The van der Waals surface area contributed by atoms with E-state index < -0.39 is 11.9 Å². The van der Waals surface area contributed by atoms with Crippen molar-refractivity contribution in [2.24, 2.45) is 5.92 Å². The Morgan fingerprint density at radius 2 is 2.18 bits per heavy atom. The standard InChI is InChI=1S/C12H15NO3S/c1-7-8(2)17-6-10(7)11(14)13-4-3-9(5-13)12(15)16/h6,9H,3-5H2,1-2H3,(H,15,16). The molecule has 92 valence electrons. The fraction of sp³-hybridized carbons (Fsp3) is 0.500. The van der Waals surface area contributed by atoms with Crippen LogP contribution in [0.25, 0.3) is 0 Å². The summed E-state index contributed by atoms with van der Waals surface area (Å²) in [5, 5.41) is 10.8. The average molecular weight is 253 g/mol. The lowest BCUT2D eigenvalue weighted by Crippen LogP contribution is -2.30. The molecule has 1 aliphatic heterocycles. The summed E-state index contributed by atoms with van der Waals surface area (Å²) in [6, 6.07) is 0. The normalized spacial score (nSPS) is 19.6. The van der Waals surface area contributed by atoms with E-state index in [-0.39, 0.29) is 5.91 Å². The zero-order valence-corrected chi connectivity index (χ0v) is 10.7. The smallest absolute Gasteiger partial charge is 0.308 e. The molecule has 2 rings (SSSR count). The highest BCUT2D eigenvalue weighted by Gasteiger charge is 2.32. The Morgan fingerprint density at radius 3 is 2.65 bits per heavy atom. The van der Waals surface area contributed by atoms with E-state index in [9.17, 15) is 9.59 Å². The second-order valence-electron chi connectivity index (χ2n) is 4.41. The zero-order chi connectivity index (χ0) is 12.6. The van der Waals surface area contributed by atoms with Crippen LogP contribution >= 0.6 is 11.3 Å². The summed E-state index contributed by atoms with van der Waals surface area (Å²) >= 11 is 1.56. The van der Waals surface area contributed by atoms with Gasteiger partial charge in [0.15, 0.2) is 0 Å². The van der Waals surface area contributed by atoms with Crippen LogP contribution in [0.4, 0.5) is 0 Å². The summed E-state index contributed by atoms with van der Waals surface area (Å²) in [5.74, 6) is -1.24. The molecule has 0 bridgehead atoms. The number of aryl methyl sites for hydroxylation is 1. The van der Waals surface area contributed by atoms with Gasteiger partial charge in [-0.25, -0.2) is 0 Å². The number of amides is 1. The van der Waals surface area contributed by atoms with Gasteiger partial charge in [0.25, 0.3) is 5.91 Å². The highest BCUT2D eigenvalue weighted by atomic mass is 32.1. The minimum atomic E-state index is -0.807. The van der Waals surface area contributed by atoms with Gasteiger partial charge in [0.1, 0.15) is 0 Å². The molecule has 0 radical (unpaired) electrons. The Kier molecular flexibility index (Phi) is 3.19. The van der Waals surface area contributed by atoms with Gasteiger partial charge >= 0.3 is 5.97 Å². The Morgan fingerprint density at radius 1 is 1.47 bits per heavy atom. The summed E-state index contributed by atoms with van der Waals surface area (Å²) in [5.41, 5.74) is 1.73. The van der Waals surface area contributed by atoms with Gasteiger partial charge in [0.2, 0.25) is 0 Å². The van der Waals surface area contributed by atoms with Crippen LogP contribution in [0.3, 0.4) is 0 Å². The second-order valence-corrected chi connectivity index (χ2v) is 5.49. The first-order chi connectivity index (χ1) is 8.00. The van der Waals surface area contributed by atoms with E-state index in [0.717, 1.165) is 16.0 Å². The van der Waals surface area contributed by atoms with Gasteiger partial charge in [-0.3, -0.25) is 9.59 Å². The third-order valence-corrected chi connectivity index (χ3v) is 4.35. The predicted octanol–water partition coefficient (Wildman–Crippen LogP) is 1.91. The second kappa shape index (κ2) is 4.49. The van der Waals surface area contributed by atoms with Gasteiger partial charge < -0.3 is 10.0 Å². The van der Waals surface area contributed by atoms with Crippen molar-refractivity contribution in [2.75, 3.05) is 13.1 Å². The highest BCUT2D eigenvalue weighted by Crippen LogP contribution is 2.25. The van der Waals surface area contributed by atoms with Gasteiger partial charge in [-0.1, -0.05) is 0 Å². The molecule has 2 heterocycles. The van der Waals surface area contributed by atoms with E-state index in [1.165, 1.54) is 0 Å². The number of likely N-dealkylation sites (tertiary alicyclic amines) is 1. The molecule has 1 atom stereocenters. The molecule has 1 aromatic heterocycles. The molecule has 4 nitrogen and oxygen atoms in total. The number of nitrogens with zero attached hydrogens (tertiary/aromatic N) is 1. The molecule has 1 fully saturated rings. The lowest BCUT2D eigenvalue weighted by molar-refractivity contribution is -0.141. The molecule has 5 heteroatoms. The number of rotatable bonds is 2. The molecule has 0 aliphatic carbocycles. The number of carboxylic acid groups (broad SMARTS) is 1. The number of carbonyl (C=O) groups is 2. The number of thiophene rings is 1. The first-order valence-corrected chi connectivity index (χ1v) is 6.45. The van der Waals surface area contributed by atoms with E-state index in [1.54, 1.807) is 16.2 Å². The quantitative estimate of drug-likeness (QED) is 0.876. The maximum atomic E-state index is 12.2. The Labute approximate surface area is 104 Å². The van der Waals surface area contributed by atoms with E-state index in [0.29, 0.717) is 19.5 Å². The molecule has 1 amide bonds. The van der Waals surface area contributed by atoms with E-state index in [2.05, 4.69) is 0 Å². The maximum Gasteiger partial charge on any atom is 0.308 e. The lowest BCUT2D eigenvalue weighted by Gasteiger charge is -2.15. The molecular formula is C12H15NO3S. The molecule has 1 aromatic rings. The van der Waals surface area contributed by atoms with Crippen molar-refractivity contribution in [1.82, 2.24) is 4.90 Å². The lowest BCUT2D eigenvalue weighted by atomic mass is 10.1. The van der Waals surface area contributed by atoms with Gasteiger partial charge in [-0.2, -0.15) is 0 Å². The van der Waals surface area contributed by atoms with Crippen molar-refractivity contribution >= 4 is 23.2 Å². The monoisotopic (exact) mass is 253 g/mol. The molecule has 1 aliphatic rings. The topological polar surface area (TPSA) is 57.6 Å². The minimum Gasteiger partial charge on any atom is -0.481 e. The van der Waals surface area contributed by atoms with Crippen LogP contribution in [0.1, 0.15) is 27.2 Å². The van der Waals surface area contributed by atoms with Gasteiger partial charge in [-0.05, 0) is 25.8 Å². The summed E-state index contributed by atoms with van der Waals surface area (Å²) in [6.07, 6.45) is 0.559. The van der Waals surface area contributed by atoms with Gasteiger partial charge in [0, 0.05) is 23.3 Å². The predicted molar refractivity (Wildman–Crippen MR) is 65.4 cm³/mol. The summed E-state index contributed by atoms with van der Waals surface area (Å²) in [6.45, 7) is 4.80. The molecule has 1 N–H and O–H groups in total. The average Bonchev–Trinajstić information content (AvgIpc) is 2.87. The zero-order valence-electron chi connectivity index (χ0n) is 9.90. The largest absolute Gasteiger partial charge is 0.481 e. The van der Waals surface area contributed by atoms with Crippen LogP contribution in [-0.2, 0) is 4.79 Å². The Hall–Kier alpha value is -1.36. The maximum absolute atomic E-state index is 12.2. The summed E-state index contributed by atoms with van der Waals surface area (Å²) in [4.78, 5) is 25.8. The highest BCUT2D eigenvalue weighted by molar-refractivity contribution is 7.10. The van der Waals surface area contributed by atoms with Crippen LogP contribution in [0.5, 0.6) is 0 Å². The fourth-order valence-electron chi connectivity index (χ4n) is 2.04. The molecule has 17 heavy (non-hydrogen) atoms. The van der Waals surface area contributed by atoms with Crippen molar-refractivity contribution in [2.45, 2.75) is 20.3 Å². The molecular weight excluding hydrogens is 238 g/mol. The first kappa shape index (κ1) is 12.1. The van der Waals surface area contributed by atoms with Crippen molar-refractivity contribution in [3.05, 3.63) is 21.4 Å². The molecule has 0 spiro atoms. The van der Waals surface area contributed by atoms with Gasteiger partial charge in [-0.15, -0.1) is 11.3 Å². The number of hydrogen-bond donors (Lipinski definition) is 1. The van der Waals surface area contributed by atoms with E-state index in [4.69, 9.17) is 5.11 Å². The number of carboxylic acids is 1. The minimum absolute atomic E-state index is 0.0319. The van der Waals surface area contributed by atoms with E-state index in [1.807, 2.05) is 19.2 Å². The molecule has 0 saturated carbocycles. The molecule has 1 unspecified atom stereocenters. The number of carbonyl (C=O) groups excluding carboxylic acids is 1. The van der Waals surface area contributed by atoms with Crippen LogP contribution in [0, 0.1) is 19.8 Å². The van der Waals surface area contributed by atoms with Gasteiger partial charge in [0.05, 0.1) is 11.5 Å².